The highest BCUT2D eigenvalue weighted by atomic mass is 35.5. The van der Waals surface area contributed by atoms with Gasteiger partial charge in [0.25, 0.3) is 5.91 Å². The molecule has 0 spiro atoms. The molecule has 7 nitrogen and oxygen atoms in total. The Hall–Kier alpha value is -2.93. The molecule has 2 aromatic rings. The number of H-pyrrole nitrogens is 1. The first kappa shape index (κ1) is 18.8. The number of carbonyl (C=O) groups is 2. The lowest BCUT2D eigenvalue weighted by Crippen LogP contribution is -2.18. The quantitative estimate of drug-likeness (QED) is 0.468. The Bertz CT molecular complexity index is 932. The number of hydrogen-bond acceptors (Lipinski definition) is 5. The van der Waals surface area contributed by atoms with Crippen molar-refractivity contribution in [2.45, 2.75) is 26.7 Å². The SMILES string of the molecule is CCOC(=O)c1[nH]c2c(c1C)C(Cl)=C(/C=N\NC(=O)c1ccncc1)CC2. The van der Waals surface area contributed by atoms with Crippen LogP contribution >= 0.6 is 11.6 Å². The number of halogens is 1. The Kier molecular flexibility index (Phi) is 5.71. The Labute approximate surface area is 161 Å². The molecule has 1 aliphatic carbocycles. The molecule has 0 saturated heterocycles. The van der Waals surface area contributed by atoms with Gasteiger partial charge in [0, 0.05) is 29.2 Å². The maximum absolute atomic E-state index is 12.1. The third-order valence-electron chi connectivity index (χ3n) is 4.28. The number of ether oxygens (including phenoxy) is 1. The lowest BCUT2D eigenvalue weighted by atomic mass is 9.95. The van der Waals surface area contributed by atoms with E-state index in [-0.39, 0.29) is 5.91 Å². The van der Waals surface area contributed by atoms with Crippen molar-refractivity contribution in [2.24, 2.45) is 5.10 Å². The van der Waals surface area contributed by atoms with E-state index >= 15 is 0 Å². The van der Waals surface area contributed by atoms with Gasteiger partial charge in [0.1, 0.15) is 5.69 Å². The summed E-state index contributed by atoms with van der Waals surface area (Å²) in [5, 5.41) is 4.52. The zero-order valence-electron chi connectivity index (χ0n) is 15.0. The fourth-order valence-corrected chi connectivity index (χ4v) is 3.34. The third-order valence-corrected chi connectivity index (χ3v) is 4.71. The van der Waals surface area contributed by atoms with Gasteiger partial charge in [-0.25, -0.2) is 10.2 Å². The van der Waals surface area contributed by atoms with Crippen LogP contribution in [0.2, 0.25) is 0 Å². The first-order valence-corrected chi connectivity index (χ1v) is 8.91. The van der Waals surface area contributed by atoms with Crippen molar-refractivity contribution in [1.29, 1.82) is 0 Å². The van der Waals surface area contributed by atoms with E-state index in [1.165, 1.54) is 12.4 Å². The summed E-state index contributed by atoms with van der Waals surface area (Å²) in [4.78, 5) is 31.1. The second-order valence-corrected chi connectivity index (χ2v) is 6.35. The summed E-state index contributed by atoms with van der Waals surface area (Å²) < 4.78 is 5.07. The van der Waals surface area contributed by atoms with Crippen LogP contribution < -0.4 is 5.43 Å². The van der Waals surface area contributed by atoms with Crippen molar-refractivity contribution in [2.75, 3.05) is 6.61 Å². The van der Waals surface area contributed by atoms with Gasteiger partial charge in [-0.05, 0) is 50.0 Å². The molecule has 0 saturated carbocycles. The van der Waals surface area contributed by atoms with Crippen LogP contribution in [-0.4, -0.2) is 34.7 Å². The summed E-state index contributed by atoms with van der Waals surface area (Å²) in [7, 11) is 0. The summed E-state index contributed by atoms with van der Waals surface area (Å²) >= 11 is 6.54. The molecule has 2 N–H and O–H groups in total. The third kappa shape index (κ3) is 3.93. The molecular weight excluding hydrogens is 368 g/mol. The zero-order valence-corrected chi connectivity index (χ0v) is 15.8. The van der Waals surface area contributed by atoms with E-state index in [9.17, 15) is 9.59 Å². The molecule has 2 aromatic heterocycles. The second kappa shape index (κ2) is 8.18. The van der Waals surface area contributed by atoms with Gasteiger partial charge in [-0.1, -0.05) is 11.6 Å². The fourth-order valence-electron chi connectivity index (χ4n) is 2.94. The van der Waals surface area contributed by atoms with Gasteiger partial charge in [0.2, 0.25) is 0 Å². The van der Waals surface area contributed by atoms with E-state index in [0.29, 0.717) is 35.7 Å². The lowest BCUT2D eigenvalue weighted by molar-refractivity contribution is 0.0519. The molecule has 0 radical (unpaired) electrons. The molecule has 0 atom stereocenters. The number of fused-ring (bicyclic) bond motifs is 1. The normalized spacial score (nSPS) is 13.6. The largest absolute Gasteiger partial charge is 0.461 e. The van der Waals surface area contributed by atoms with Crippen LogP contribution in [0.15, 0.2) is 35.2 Å². The van der Waals surface area contributed by atoms with Gasteiger partial charge in [-0.3, -0.25) is 9.78 Å². The Morgan fingerprint density at radius 3 is 2.81 bits per heavy atom. The Morgan fingerprint density at radius 2 is 2.11 bits per heavy atom. The van der Waals surface area contributed by atoms with Gasteiger partial charge in [0.05, 0.1) is 17.9 Å². The number of hydrogen-bond donors (Lipinski definition) is 2. The van der Waals surface area contributed by atoms with E-state index in [1.807, 2.05) is 6.92 Å². The van der Waals surface area contributed by atoms with E-state index < -0.39 is 5.97 Å². The number of amides is 1. The molecule has 8 heteroatoms. The number of rotatable bonds is 5. The maximum atomic E-state index is 12.1. The number of hydrazone groups is 1. The monoisotopic (exact) mass is 386 g/mol. The van der Waals surface area contributed by atoms with Crippen LogP contribution in [0.1, 0.15) is 51.0 Å². The average molecular weight is 387 g/mol. The number of aromatic amines is 1. The molecule has 0 fully saturated rings. The number of nitrogens with zero attached hydrogens (tertiary/aromatic N) is 2. The van der Waals surface area contributed by atoms with E-state index in [0.717, 1.165) is 22.4 Å². The summed E-state index contributed by atoms with van der Waals surface area (Å²) in [5.41, 5.74) is 6.60. The number of allylic oxidation sites excluding steroid dienone is 1. The zero-order chi connectivity index (χ0) is 19.4. The van der Waals surface area contributed by atoms with E-state index in [1.54, 1.807) is 25.3 Å². The Morgan fingerprint density at radius 1 is 1.37 bits per heavy atom. The van der Waals surface area contributed by atoms with Crippen molar-refractivity contribution < 1.29 is 14.3 Å². The van der Waals surface area contributed by atoms with Gasteiger partial charge in [-0.15, -0.1) is 0 Å². The lowest BCUT2D eigenvalue weighted by Gasteiger charge is -2.14. The predicted molar refractivity (Wildman–Crippen MR) is 103 cm³/mol. The average Bonchev–Trinajstić information content (AvgIpc) is 3.02. The van der Waals surface area contributed by atoms with Crippen LogP contribution in [0.5, 0.6) is 0 Å². The number of aryl methyl sites for hydroxylation is 1. The minimum absolute atomic E-state index is 0.306. The molecule has 3 rings (SSSR count). The van der Waals surface area contributed by atoms with Crippen LogP contribution in [0.3, 0.4) is 0 Å². The summed E-state index contributed by atoms with van der Waals surface area (Å²) in [6.45, 7) is 3.90. The topological polar surface area (TPSA) is 96.4 Å². The standard InChI is InChI=1S/C19H19ClN4O3/c1-3-27-19(26)17-11(2)15-14(23-17)5-4-13(16(15)20)10-22-24-18(25)12-6-8-21-9-7-12/h6-10,23H,3-5H2,1-2H3,(H,24,25)/b22-10-. The smallest absolute Gasteiger partial charge is 0.355 e. The second-order valence-electron chi connectivity index (χ2n) is 5.97. The van der Waals surface area contributed by atoms with Crippen LogP contribution in [0.25, 0.3) is 5.03 Å². The molecule has 0 aromatic carbocycles. The predicted octanol–water partition coefficient (Wildman–Crippen LogP) is 3.21. The van der Waals surface area contributed by atoms with Crippen LogP contribution in [-0.2, 0) is 11.2 Å². The molecule has 0 aliphatic heterocycles. The highest BCUT2D eigenvalue weighted by Gasteiger charge is 2.26. The summed E-state index contributed by atoms with van der Waals surface area (Å²) in [5.74, 6) is -0.724. The van der Waals surface area contributed by atoms with Gasteiger partial charge in [0.15, 0.2) is 0 Å². The van der Waals surface area contributed by atoms with Crippen molar-refractivity contribution in [1.82, 2.24) is 15.4 Å². The molecule has 0 bridgehead atoms. The number of esters is 1. The number of nitrogens with one attached hydrogen (secondary N) is 2. The highest BCUT2D eigenvalue weighted by Crippen LogP contribution is 2.37. The first-order valence-electron chi connectivity index (χ1n) is 8.54. The van der Waals surface area contributed by atoms with E-state index in [2.05, 4.69) is 20.5 Å². The highest BCUT2D eigenvalue weighted by molar-refractivity contribution is 6.51. The molecule has 0 unspecified atom stereocenters. The van der Waals surface area contributed by atoms with E-state index in [4.69, 9.17) is 16.3 Å². The fraction of sp³-hybridized carbons (Fsp3) is 0.263. The molecular formula is C19H19ClN4O3. The van der Waals surface area contributed by atoms with Gasteiger partial charge in [-0.2, -0.15) is 5.10 Å². The molecule has 1 amide bonds. The number of aromatic nitrogens is 2. The summed E-state index contributed by atoms with van der Waals surface area (Å²) in [6, 6.07) is 3.20. The molecule has 27 heavy (non-hydrogen) atoms. The molecule has 140 valence electrons. The van der Waals surface area contributed by atoms with Crippen molar-refractivity contribution in [3.63, 3.8) is 0 Å². The summed E-state index contributed by atoms with van der Waals surface area (Å²) in [6.07, 6.45) is 5.95. The van der Waals surface area contributed by atoms with Crippen molar-refractivity contribution in [3.05, 3.63) is 58.2 Å². The maximum Gasteiger partial charge on any atom is 0.355 e. The first-order chi connectivity index (χ1) is 13.0. The van der Waals surface area contributed by atoms with Crippen LogP contribution in [0.4, 0.5) is 0 Å². The Balaban J connectivity index is 1.79. The van der Waals surface area contributed by atoms with Gasteiger partial charge < -0.3 is 9.72 Å². The van der Waals surface area contributed by atoms with Crippen molar-refractivity contribution in [3.8, 4) is 0 Å². The number of carbonyl (C=O) groups excluding carboxylic acids is 2. The molecule has 2 heterocycles. The minimum atomic E-state index is -0.395. The number of pyridine rings is 1. The molecule has 1 aliphatic rings. The van der Waals surface area contributed by atoms with Crippen molar-refractivity contribution >= 4 is 34.7 Å². The minimum Gasteiger partial charge on any atom is -0.461 e. The van der Waals surface area contributed by atoms with Gasteiger partial charge >= 0.3 is 5.97 Å². The van der Waals surface area contributed by atoms with Crippen LogP contribution in [0, 0.1) is 6.92 Å².